The van der Waals surface area contributed by atoms with Gasteiger partial charge < -0.3 is 5.32 Å². The summed E-state index contributed by atoms with van der Waals surface area (Å²) >= 11 is 0. The number of hydrogen-bond acceptors (Lipinski definition) is 1. The van der Waals surface area contributed by atoms with Crippen molar-refractivity contribution in [2.45, 2.75) is 38.2 Å². The highest BCUT2D eigenvalue weighted by Gasteiger charge is 2.47. The van der Waals surface area contributed by atoms with Crippen molar-refractivity contribution in [3.8, 4) is 0 Å². The molecule has 1 rings (SSSR count). The minimum atomic E-state index is -3.13. The number of carbonyl (C=O) groups is 1. The van der Waals surface area contributed by atoms with E-state index in [1.165, 1.54) is 0 Å². The van der Waals surface area contributed by atoms with Crippen molar-refractivity contribution in [1.29, 1.82) is 0 Å². The summed E-state index contributed by atoms with van der Waals surface area (Å²) in [7, 11) is 0. The number of hydrogen-bond donors (Lipinski definition) is 1. The standard InChI is InChI=1S/C7H11F2NO/c1-2-3-5-4-7(8,9)6(11)10-5/h5H,2-4H2,1H3,(H,10,11)/t5-/m0/s1. The van der Waals surface area contributed by atoms with Crippen molar-refractivity contribution in [2.24, 2.45) is 0 Å². The smallest absolute Gasteiger partial charge is 0.326 e. The first-order valence-electron chi connectivity index (χ1n) is 3.75. The zero-order valence-electron chi connectivity index (χ0n) is 6.36. The number of carbonyl (C=O) groups excluding carboxylic acids is 1. The lowest BCUT2D eigenvalue weighted by molar-refractivity contribution is -0.139. The number of alkyl halides is 2. The van der Waals surface area contributed by atoms with Gasteiger partial charge in [-0.1, -0.05) is 13.3 Å². The molecule has 0 unspecified atom stereocenters. The Morgan fingerprint density at radius 3 is 2.73 bits per heavy atom. The molecule has 11 heavy (non-hydrogen) atoms. The second kappa shape index (κ2) is 2.75. The van der Waals surface area contributed by atoms with Crippen molar-refractivity contribution in [1.82, 2.24) is 5.32 Å². The Morgan fingerprint density at radius 2 is 2.36 bits per heavy atom. The zero-order valence-corrected chi connectivity index (χ0v) is 6.36. The molecule has 0 aliphatic carbocycles. The van der Waals surface area contributed by atoms with E-state index in [0.29, 0.717) is 6.42 Å². The van der Waals surface area contributed by atoms with Crippen LogP contribution in [0.15, 0.2) is 0 Å². The molecule has 1 atom stereocenters. The van der Waals surface area contributed by atoms with Crippen LogP contribution in [0.5, 0.6) is 0 Å². The fourth-order valence-electron chi connectivity index (χ4n) is 1.27. The van der Waals surface area contributed by atoms with Crippen molar-refractivity contribution in [2.75, 3.05) is 0 Å². The third-order valence-corrected chi connectivity index (χ3v) is 1.81. The van der Waals surface area contributed by atoms with Gasteiger partial charge in [-0.25, -0.2) is 0 Å². The topological polar surface area (TPSA) is 29.1 Å². The van der Waals surface area contributed by atoms with Crippen LogP contribution in [0.4, 0.5) is 8.78 Å². The quantitative estimate of drug-likeness (QED) is 0.653. The van der Waals surface area contributed by atoms with Crippen molar-refractivity contribution in [3.05, 3.63) is 0 Å². The number of amides is 1. The van der Waals surface area contributed by atoms with E-state index in [2.05, 4.69) is 5.32 Å². The van der Waals surface area contributed by atoms with E-state index >= 15 is 0 Å². The highest BCUT2D eigenvalue weighted by Crippen LogP contribution is 2.28. The van der Waals surface area contributed by atoms with Crippen molar-refractivity contribution in [3.63, 3.8) is 0 Å². The summed E-state index contributed by atoms with van der Waals surface area (Å²) in [5.74, 6) is -4.24. The normalized spacial score (nSPS) is 28.6. The molecular formula is C7H11F2NO. The number of halogens is 2. The van der Waals surface area contributed by atoms with E-state index in [0.717, 1.165) is 6.42 Å². The van der Waals surface area contributed by atoms with Gasteiger partial charge in [-0.05, 0) is 6.42 Å². The van der Waals surface area contributed by atoms with Crippen LogP contribution in [-0.2, 0) is 4.79 Å². The van der Waals surface area contributed by atoms with E-state index in [9.17, 15) is 13.6 Å². The van der Waals surface area contributed by atoms with E-state index in [-0.39, 0.29) is 12.5 Å². The lowest BCUT2D eigenvalue weighted by atomic mass is 10.1. The average Bonchev–Trinajstić information content (AvgIpc) is 2.08. The summed E-state index contributed by atoms with van der Waals surface area (Å²) in [4.78, 5) is 10.5. The van der Waals surface area contributed by atoms with Crippen LogP contribution < -0.4 is 5.32 Å². The monoisotopic (exact) mass is 163 g/mol. The minimum Gasteiger partial charge on any atom is -0.348 e. The molecule has 1 N–H and O–H groups in total. The number of nitrogens with one attached hydrogen (secondary N) is 1. The summed E-state index contributed by atoms with van der Waals surface area (Å²) < 4.78 is 25.0. The van der Waals surface area contributed by atoms with E-state index in [1.807, 2.05) is 6.92 Å². The third-order valence-electron chi connectivity index (χ3n) is 1.81. The molecule has 2 nitrogen and oxygen atoms in total. The molecule has 1 heterocycles. The molecule has 1 aliphatic rings. The maximum absolute atomic E-state index is 12.5. The predicted molar refractivity (Wildman–Crippen MR) is 36.4 cm³/mol. The van der Waals surface area contributed by atoms with E-state index < -0.39 is 11.8 Å². The molecule has 4 heteroatoms. The van der Waals surface area contributed by atoms with Crippen LogP contribution in [0.2, 0.25) is 0 Å². The molecule has 64 valence electrons. The lowest BCUT2D eigenvalue weighted by Gasteiger charge is -2.05. The maximum atomic E-state index is 12.5. The second-order valence-corrected chi connectivity index (χ2v) is 2.87. The van der Waals surface area contributed by atoms with Gasteiger partial charge in [-0.15, -0.1) is 0 Å². The Balaban J connectivity index is 2.50. The number of rotatable bonds is 2. The Labute approximate surface area is 64.0 Å². The van der Waals surface area contributed by atoms with E-state index in [1.54, 1.807) is 0 Å². The molecule has 0 spiro atoms. The zero-order chi connectivity index (χ0) is 8.48. The van der Waals surface area contributed by atoms with Crippen molar-refractivity contribution < 1.29 is 13.6 Å². The molecule has 0 bridgehead atoms. The maximum Gasteiger partial charge on any atom is 0.326 e. The Kier molecular flexibility index (Phi) is 2.11. The molecule has 1 saturated heterocycles. The molecule has 0 saturated carbocycles. The summed E-state index contributed by atoms with van der Waals surface area (Å²) in [6, 6.07) is -0.317. The molecule has 1 fully saturated rings. The van der Waals surface area contributed by atoms with Gasteiger partial charge in [0.05, 0.1) is 0 Å². The molecular weight excluding hydrogens is 152 g/mol. The van der Waals surface area contributed by atoms with E-state index in [4.69, 9.17) is 0 Å². The van der Waals surface area contributed by atoms with Gasteiger partial charge in [-0.3, -0.25) is 4.79 Å². The lowest BCUT2D eigenvalue weighted by Crippen LogP contribution is -2.30. The van der Waals surface area contributed by atoms with Crippen LogP contribution in [-0.4, -0.2) is 17.9 Å². The molecule has 1 amide bonds. The fraction of sp³-hybridized carbons (Fsp3) is 0.857. The van der Waals surface area contributed by atoms with Crippen LogP contribution in [0.25, 0.3) is 0 Å². The van der Waals surface area contributed by atoms with Crippen molar-refractivity contribution >= 4 is 5.91 Å². The van der Waals surface area contributed by atoms with Gasteiger partial charge >= 0.3 is 5.92 Å². The highest BCUT2D eigenvalue weighted by molar-refractivity contribution is 5.85. The first kappa shape index (κ1) is 8.43. The predicted octanol–water partition coefficient (Wildman–Crippen LogP) is 1.31. The first-order chi connectivity index (χ1) is 5.06. The fourth-order valence-corrected chi connectivity index (χ4v) is 1.27. The Bertz CT molecular complexity index is 170. The highest BCUT2D eigenvalue weighted by atomic mass is 19.3. The van der Waals surface area contributed by atoms with Gasteiger partial charge in [0, 0.05) is 12.5 Å². The summed E-state index contributed by atoms with van der Waals surface area (Å²) in [6.45, 7) is 1.91. The molecule has 0 aromatic heterocycles. The second-order valence-electron chi connectivity index (χ2n) is 2.87. The summed E-state index contributed by atoms with van der Waals surface area (Å²) in [5, 5.41) is 2.26. The van der Waals surface area contributed by atoms with Crippen LogP contribution in [0.3, 0.4) is 0 Å². The van der Waals surface area contributed by atoms with Crippen LogP contribution in [0.1, 0.15) is 26.2 Å². The third kappa shape index (κ3) is 1.67. The van der Waals surface area contributed by atoms with Crippen LogP contribution >= 0.6 is 0 Å². The van der Waals surface area contributed by atoms with Gasteiger partial charge in [0.15, 0.2) is 0 Å². The Morgan fingerprint density at radius 1 is 1.73 bits per heavy atom. The average molecular weight is 163 g/mol. The van der Waals surface area contributed by atoms with Crippen LogP contribution in [0, 0.1) is 0 Å². The van der Waals surface area contributed by atoms with Gasteiger partial charge in [0.25, 0.3) is 5.91 Å². The van der Waals surface area contributed by atoms with Gasteiger partial charge in [-0.2, -0.15) is 8.78 Å². The molecule has 0 aromatic rings. The summed E-state index contributed by atoms with van der Waals surface area (Å²) in [6.07, 6.45) is 1.13. The summed E-state index contributed by atoms with van der Waals surface area (Å²) in [5.41, 5.74) is 0. The SMILES string of the molecule is CCC[C@H]1CC(F)(F)C(=O)N1. The minimum absolute atomic E-state index is 0.317. The Hall–Kier alpha value is -0.670. The molecule has 0 aromatic carbocycles. The largest absolute Gasteiger partial charge is 0.348 e. The molecule has 0 radical (unpaired) electrons. The van der Waals surface area contributed by atoms with Gasteiger partial charge in [0.1, 0.15) is 0 Å². The van der Waals surface area contributed by atoms with Gasteiger partial charge in [0.2, 0.25) is 0 Å². The molecule has 1 aliphatic heterocycles. The first-order valence-corrected chi connectivity index (χ1v) is 3.75.